The predicted octanol–water partition coefficient (Wildman–Crippen LogP) is 1.39. The van der Waals surface area contributed by atoms with E-state index in [2.05, 4.69) is 15.6 Å². The minimum Gasteiger partial charge on any atom is -0.508 e. The topological polar surface area (TPSA) is 134 Å². The van der Waals surface area contributed by atoms with Crippen LogP contribution < -0.4 is 5.32 Å². The van der Waals surface area contributed by atoms with Crippen LogP contribution in [0.2, 0.25) is 0 Å². The van der Waals surface area contributed by atoms with Crippen molar-refractivity contribution in [2.75, 3.05) is 0 Å². The molecule has 0 bridgehead atoms. The van der Waals surface area contributed by atoms with Gasteiger partial charge in [0.25, 0.3) is 0 Å². The van der Waals surface area contributed by atoms with Crippen molar-refractivity contribution >= 4 is 24.0 Å². The van der Waals surface area contributed by atoms with Crippen LogP contribution >= 0.6 is 0 Å². The SMILES string of the molecule is O=C(CCc1cn(-c2ccc(O)cc2)nn1)N[C@@H](Cc1coc2ccccc12)B(O)O. The summed E-state index contributed by atoms with van der Waals surface area (Å²) in [6.45, 7) is 0. The Morgan fingerprint density at radius 3 is 2.71 bits per heavy atom. The van der Waals surface area contributed by atoms with Crippen molar-refractivity contribution in [1.29, 1.82) is 0 Å². The number of nitrogens with one attached hydrogen (secondary N) is 1. The molecule has 1 atom stereocenters. The first-order valence-corrected chi connectivity index (χ1v) is 9.81. The van der Waals surface area contributed by atoms with E-state index >= 15 is 0 Å². The molecule has 9 nitrogen and oxygen atoms in total. The number of nitrogens with zero attached hydrogens (tertiary/aromatic N) is 3. The summed E-state index contributed by atoms with van der Waals surface area (Å²) >= 11 is 0. The maximum Gasteiger partial charge on any atom is 0.475 e. The molecule has 158 valence electrons. The van der Waals surface area contributed by atoms with Crippen LogP contribution in [0.25, 0.3) is 16.7 Å². The summed E-state index contributed by atoms with van der Waals surface area (Å²) in [6, 6.07) is 13.9. The van der Waals surface area contributed by atoms with Gasteiger partial charge in [-0.1, -0.05) is 23.4 Å². The number of rotatable bonds is 8. The summed E-state index contributed by atoms with van der Waals surface area (Å²) < 4.78 is 7.03. The standard InChI is InChI=1S/C21H21BN4O5/c27-17-8-6-16(7-9-17)26-12-15(24-25-26)5-10-21(28)23-20(22(29)30)11-14-13-31-19-4-2-1-3-18(14)19/h1-4,6-9,12-13,20,27,29-30H,5,10-11H2,(H,23,28)/t20-/m0/s1. The number of aryl methyl sites for hydroxylation is 1. The molecule has 0 radical (unpaired) electrons. The Balaban J connectivity index is 1.35. The molecule has 1 amide bonds. The monoisotopic (exact) mass is 420 g/mol. The van der Waals surface area contributed by atoms with Gasteiger partial charge in [-0.05, 0) is 42.3 Å². The Bertz CT molecular complexity index is 1170. The van der Waals surface area contributed by atoms with Gasteiger partial charge < -0.3 is 24.9 Å². The van der Waals surface area contributed by atoms with Gasteiger partial charge in [0, 0.05) is 18.2 Å². The van der Waals surface area contributed by atoms with Gasteiger partial charge >= 0.3 is 7.12 Å². The zero-order valence-corrected chi connectivity index (χ0v) is 16.5. The maximum absolute atomic E-state index is 12.4. The van der Waals surface area contributed by atoms with Crippen molar-refractivity contribution in [3.8, 4) is 11.4 Å². The molecule has 2 aromatic carbocycles. The number of aromatic hydroxyl groups is 1. The van der Waals surface area contributed by atoms with Crippen LogP contribution in [0, 0.1) is 0 Å². The molecule has 4 aromatic rings. The molecule has 2 heterocycles. The second-order valence-corrected chi connectivity index (χ2v) is 7.22. The molecular formula is C21H21BN4O5. The zero-order valence-electron chi connectivity index (χ0n) is 16.5. The van der Waals surface area contributed by atoms with Gasteiger partial charge in [-0.3, -0.25) is 4.79 Å². The van der Waals surface area contributed by atoms with E-state index in [-0.39, 0.29) is 24.5 Å². The van der Waals surface area contributed by atoms with E-state index < -0.39 is 13.1 Å². The van der Waals surface area contributed by atoms with E-state index in [4.69, 9.17) is 4.42 Å². The van der Waals surface area contributed by atoms with E-state index in [0.717, 1.165) is 16.6 Å². The molecule has 0 saturated carbocycles. The molecule has 2 aromatic heterocycles. The molecule has 0 unspecified atom stereocenters. The average molecular weight is 420 g/mol. The van der Waals surface area contributed by atoms with Crippen molar-refractivity contribution in [1.82, 2.24) is 20.3 Å². The van der Waals surface area contributed by atoms with Gasteiger partial charge in [0.15, 0.2) is 0 Å². The van der Waals surface area contributed by atoms with E-state index in [1.165, 1.54) is 0 Å². The van der Waals surface area contributed by atoms with Gasteiger partial charge in [-0.2, -0.15) is 0 Å². The molecule has 0 fully saturated rings. The summed E-state index contributed by atoms with van der Waals surface area (Å²) in [7, 11) is -1.71. The summed E-state index contributed by atoms with van der Waals surface area (Å²) in [4.78, 5) is 12.4. The summed E-state index contributed by atoms with van der Waals surface area (Å²) in [6.07, 6.45) is 3.94. The Kier molecular flexibility index (Phi) is 6.01. The van der Waals surface area contributed by atoms with Gasteiger partial charge in [0.05, 0.1) is 29.8 Å². The average Bonchev–Trinajstić information content (AvgIpc) is 3.40. The second-order valence-electron chi connectivity index (χ2n) is 7.22. The fourth-order valence-corrected chi connectivity index (χ4v) is 3.32. The fourth-order valence-electron chi connectivity index (χ4n) is 3.32. The number of phenols is 1. The summed E-state index contributed by atoms with van der Waals surface area (Å²) in [5, 5.41) is 40.5. The highest BCUT2D eigenvalue weighted by atomic mass is 16.4. The number of hydrogen-bond donors (Lipinski definition) is 4. The number of benzene rings is 2. The second kappa shape index (κ2) is 9.03. The van der Waals surface area contributed by atoms with E-state index in [0.29, 0.717) is 17.7 Å². The number of phenolic OH excluding ortho intramolecular Hbond substituents is 1. The lowest BCUT2D eigenvalue weighted by atomic mass is 9.76. The first-order chi connectivity index (χ1) is 15.0. The first kappa shape index (κ1) is 20.6. The lowest BCUT2D eigenvalue weighted by Crippen LogP contribution is -2.47. The van der Waals surface area contributed by atoms with Gasteiger partial charge in [0.1, 0.15) is 11.3 Å². The number of amides is 1. The van der Waals surface area contributed by atoms with Gasteiger partial charge in [-0.25, -0.2) is 4.68 Å². The summed E-state index contributed by atoms with van der Waals surface area (Å²) in [5.74, 6) is -1.05. The Hall–Kier alpha value is -3.63. The predicted molar refractivity (Wildman–Crippen MR) is 113 cm³/mol. The van der Waals surface area contributed by atoms with Gasteiger partial charge in [-0.15, -0.1) is 5.10 Å². The minimum atomic E-state index is -1.71. The van der Waals surface area contributed by atoms with Crippen molar-refractivity contribution in [3.05, 3.63) is 72.2 Å². The normalized spacial score (nSPS) is 12.1. The van der Waals surface area contributed by atoms with Crippen LogP contribution in [-0.2, 0) is 17.6 Å². The van der Waals surface area contributed by atoms with Crippen LogP contribution in [0.4, 0.5) is 0 Å². The lowest BCUT2D eigenvalue weighted by molar-refractivity contribution is -0.121. The van der Waals surface area contributed by atoms with Crippen molar-refractivity contribution in [2.24, 2.45) is 0 Å². The number of hydrogen-bond acceptors (Lipinski definition) is 7. The minimum absolute atomic E-state index is 0.115. The molecule has 4 rings (SSSR count). The molecule has 10 heteroatoms. The van der Waals surface area contributed by atoms with Gasteiger partial charge in [0.2, 0.25) is 5.91 Å². The number of furan rings is 1. The highest BCUT2D eigenvalue weighted by Crippen LogP contribution is 2.22. The van der Waals surface area contributed by atoms with Crippen molar-refractivity contribution in [3.63, 3.8) is 0 Å². The van der Waals surface area contributed by atoms with Crippen LogP contribution in [0.1, 0.15) is 17.7 Å². The molecule has 0 aliphatic heterocycles. The molecule has 31 heavy (non-hydrogen) atoms. The Morgan fingerprint density at radius 1 is 1.16 bits per heavy atom. The third-order valence-corrected chi connectivity index (χ3v) is 4.97. The fraction of sp³-hybridized carbons (Fsp3) is 0.190. The highest BCUT2D eigenvalue weighted by Gasteiger charge is 2.27. The Labute approximate surface area is 178 Å². The van der Waals surface area contributed by atoms with Crippen LogP contribution in [0.3, 0.4) is 0 Å². The molecular weight excluding hydrogens is 399 g/mol. The lowest BCUT2D eigenvalue weighted by Gasteiger charge is -2.17. The third kappa shape index (κ3) is 4.93. The molecule has 0 saturated heterocycles. The van der Waals surface area contributed by atoms with Crippen LogP contribution in [0.5, 0.6) is 5.75 Å². The smallest absolute Gasteiger partial charge is 0.475 e. The van der Waals surface area contributed by atoms with Crippen molar-refractivity contribution < 1.29 is 24.4 Å². The Morgan fingerprint density at radius 2 is 1.94 bits per heavy atom. The molecule has 0 aliphatic carbocycles. The highest BCUT2D eigenvalue weighted by molar-refractivity contribution is 6.43. The number of carbonyl (C=O) groups is 1. The van der Waals surface area contributed by atoms with E-state index in [1.54, 1.807) is 41.4 Å². The quantitative estimate of drug-likeness (QED) is 0.317. The largest absolute Gasteiger partial charge is 0.508 e. The van der Waals surface area contributed by atoms with Crippen molar-refractivity contribution in [2.45, 2.75) is 25.2 Å². The number of aromatic nitrogens is 3. The van der Waals surface area contributed by atoms with Crippen LogP contribution in [-0.4, -0.2) is 49.1 Å². The van der Waals surface area contributed by atoms with E-state index in [1.807, 2.05) is 24.3 Å². The maximum atomic E-state index is 12.4. The third-order valence-electron chi connectivity index (χ3n) is 4.97. The first-order valence-electron chi connectivity index (χ1n) is 9.81. The van der Waals surface area contributed by atoms with Crippen LogP contribution in [0.15, 0.2) is 65.4 Å². The molecule has 0 aliphatic rings. The number of fused-ring (bicyclic) bond motifs is 1. The summed E-state index contributed by atoms with van der Waals surface area (Å²) in [5.41, 5.74) is 2.83. The van der Waals surface area contributed by atoms with E-state index in [9.17, 15) is 19.9 Å². The molecule has 0 spiro atoms. The molecule has 4 N–H and O–H groups in total. The number of carbonyl (C=O) groups excluding carboxylic acids is 1. The number of para-hydroxylation sites is 1. The zero-order chi connectivity index (χ0) is 21.8.